The maximum Gasteiger partial charge on any atom is 0.0550 e. The van der Waals surface area contributed by atoms with Crippen LogP contribution < -0.4 is 0 Å². The van der Waals surface area contributed by atoms with Crippen molar-refractivity contribution < 1.29 is 4.74 Å². The van der Waals surface area contributed by atoms with Gasteiger partial charge in [-0.25, -0.2) is 0 Å². The van der Waals surface area contributed by atoms with Crippen LogP contribution in [0.2, 0.25) is 0 Å². The third-order valence-electron chi connectivity index (χ3n) is 2.61. The van der Waals surface area contributed by atoms with E-state index in [2.05, 4.69) is 53.2 Å². The number of ether oxygens (including phenoxy) is 1. The molecule has 0 N–H and O–H groups in total. The molecule has 0 amide bonds. The van der Waals surface area contributed by atoms with Gasteiger partial charge in [-0.3, -0.25) is 0 Å². The average molecular weight is 285 g/mol. The Bertz CT molecular complexity index is 261. The van der Waals surface area contributed by atoms with E-state index in [1.165, 1.54) is 12.0 Å². The highest BCUT2D eigenvalue weighted by molar-refractivity contribution is 9.09. The smallest absolute Gasteiger partial charge is 0.0550 e. The highest BCUT2D eigenvalue weighted by Crippen LogP contribution is 2.07. The molecule has 0 heterocycles. The van der Waals surface area contributed by atoms with Gasteiger partial charge < -0.3 is 4.74 Å². The number of halogens is 1. The quantitative estimate of drug-likeness (QED) is 0.514. The molecule has 0 aliphatic carbocycles. The highest BCUT2D eigenvalue weighted by atomic mass is 79.9. The number of alkyl halides is 1. The monoisotopic (exact) mass is 284 g/mol. The van der Waals surface area contributed by atoms with Gasteiger partial charge in [-0.2, -0.15) is 0 Å². The molecule has 0 aromatic heterocycles. The molecule has 1 rings (SSSR count). The lowest BCUT2D eigenvalue weighted by atomic mass is 10.1. The SMILES string of the molecule is CC(CCc1ccccc1)OCCCCBr. The summed E-state index contributed by atoms with van der Waals surface area (Å²) in [6.45, 7) is 3.05. The molecule has 90 valence electrons. The molecule has 1 aromatic carbocycles. The van der Waals surface area contributed by atoms with Crippen molar-refractivity contribution in [1.82, 2.24) is 0 Å². The fraction of sp³-hybridized carbons (Fsp3) is 0.571. The second-order valence-electron chi connectivity index (χ2n) is 4.10. The summed E-state index contributed by atoms with van der Waals surface area (Å²) >= 11 is 3.42. The summed E-state index contributed by atoms with van der Waals surface area (Å²) in [4.78, 5) is 0. The van der Waals surface area contributed by atoms with Gasteiger partial charge in [0.05, 0.1) is 6.10 Å². The van der Waals surface area contributed by atoms with Crippen molar-refractivity contribution in [3.8, 4) is 0 Å². The van der Waals surface area contributed by atoms with Gasteiger partial charge in [0.1, 0.15) is 0 Å². The van der Waals surface area contributed by atoms with Crippen LogP contribution in [-0.2, 0) is 11.2 Å². The first kappa shape index (κ1) is 13.7. The van der Waals surface area contributed by atoms with Crippen LogP contribution in [-0.4, -0.2) is 18.0 Å². The molecule has 0 spiro atoms. The van der Waals surface area contributed by atoms with Gasteiger partial charge >= 0.3 is 0 Å². The van der Waals surface area contributed by atoms with Crippen molar-refractivity contribution >= 4 is 15.9 Å². The van der Waals surface area contributed by atoms with E-state index in [9.17, 15) is 0 Å². The lowest BCUT2D eigenvalue weighted by molar-refractivity contribution is 0.0587. The fourth-order valence-electron chi connectivity index (χ4n) is 1.58. The fourth-order valence-corrected chi connectivity index (χ4v) is 1.98. The van der Waals surface area contributed by atoms with Crippen molar-refractivity contribution in [3.63, 3.8) is 0 Å². The van der Waals surface area contributed by atoms with Gasteiger partial charge in [0, 0.05) is 11.9 Å². The number of unbranched alkanes of at least 4 members (excludes halogenated alkanes) is 1. The van der Waals surface area contributed by atoms with Crippen LogP contribution in [0.4, 0.5) is 0 Å². The van der Waals surface area contributed by atoms with Gasteiger partial charge in [-0.15, -0.1) is 0 Å². The van der Waals surface area contributed by atoms with Crippen molar-refractivity contribution in [3.05, 3.63) is 35.9 Å². The van der Waals surface area contributed by atoms with E-state index in [-0.39, 0.29) is 0 Å². The molecule has 2 heteroatoms. The number of aryl methyl sites for hydroxylation is 1. The third-order valence-corrected chi connectivity index (χ3v) is 3.17. The lowest BCUT2D eigenvalue weighted by Crippen LogP contribution is -2.10. The zero-order valence-corrected chi connectivity index (χ0v) is 11.6. The summed E-state index contributed by atoms with van der Waals surface area (Å²) < 4.78 is 5.74. The second-order valence-corrected chi connectivity index (χ2v) is 4.89. The maximum atomic E-state index is 5.74. The molecule has 0 bridgehead atoms. The van der Waals surface area contributed by atoms with Crippen LogP contribution in [0.1, 0.15) is 31.7 Å². The van der Waals surface area contributed by atoms with E-state index >= 15 is 0 Å². The molecule has 1 aromatic rings. The molecule has 0 aliphatic heterocycles. The Morgan fingerprint density at radius 1 is 1.19 bits per heavy atom. The van der Waals surface area contributed by atoms with Crippen LogP contribution in [0, 0.1) is 0 Å². The molecule has 1 nitrogen and oxygen atoms in total. The predicted octanol–water partition coefficient (Wildman–Crippen LogP) is 4.20. The molecule has 16 heavy (non-hydrogen) atoms. The minimum atomic E-state index is 0.371. The van der Waals surface area contributed by atoms with E-state index < -0.39 is 0 Å². The second kappa shape index (κ2) is 8.77. The van der Waals surface area contributed by atoms with Gasteiger partial charge in [0.15, 0.2) is 0 Å². The lowest BCUT2D eigenvalue weighted by Gasteiger charge is -2.12. The van der Waals surface area contributed by atoms with Gasteiger partial charge in [0.2, 0.25) is 0 Å². The molecule has 0 saturated carbocycles. The Morgan fingerprint density at radius 3 is 2.62 bits per heavy atom. The average Bonchev–Trinajstić information content (AvgIpc) is 2.33. The predicted molar refractivity (Wildman–Crippen MR) is 73.2 cm³/mol. The summed E-state index contributed by atoms with van der Waals surface area (Å²) in [5.74, 6) is 0. The number of hydrogen-bond donors (Lipinski definition) is 0. The van der Waals surface area contributed by atoms with Crippen molar-refractivity contribution in [1.29, 1.82) is 0 Å². The van der Waals surface area contributed by atoms with Gasteiger partial charge in [-0.1, -0.05) is 46.3 Å². The zero-order valence-electron chi connectivity index (χ0n) is 9.99. The minimum absolute atomic E-state index is 0.371. The molecule has 1 atom stereocenters. The van der Waals surface area contributed by atoms with E-state index in [0.717, 1.165) is 31.2 Å². The Morgan fingerprint density at radius 2 is 1.94 bits per heavy atom. The first-order valence-corrected chi connectivity index (χ1v) is 7.16. The van der Waals surface area contributed by atoms with Crippen LogP contribution in [0.15, 0.2) is 30.3 Å². The van der Waals surface area contributed by atoms with Crippen LogP contribution >= 0.6 is 15.9 Å². The largest absolute Gasteiger partial charge is 0.378 e. The molecule has 0 radical (unpaired) electrons. The Kier molecular flexibility index (Phi) is 7.52. The standard InChI is InChI=1S/C14H21BrO/c1-13(16-12-6-5-11-15)9-10-14-7-3-2-4-8-14/h2-4,7-8,13H,5-6,9-12H2,1H3. The normalized spacial score (nSPS) is 12.6. The number of hydrogen-bond acceptors (Lipinski definition) is 1. The number of rotatable bonds is 8. The van der Waals surface area contributed by atoms with Gasteiger partial charge in [0.25, 0.3) is 0 Å². The Balaban J connectivity index is 2.08. The van der Waals surface area contributed by atoms with Crippen LogP contribution in [0.25, 0.3) is 0 Å². The molecule has 1 unspecified atom stereocenters. The number of benzene rings is 1. The Labute approximate surface area is 107 Å². The van der Waals surface area contributed by atoms with E-state index in [4.69, 9.17) is 4.74 Å². The zero-order chi connectivity index (χ0) is 11.6. The first-order valence-electron chi connectivity index (χ1n) is 6.04. The van der Waals surface area contributed by atoms with Crippen molar-refractivity contribution in [2.45, 2.75) is 38.7 Å². The van der Waals surface area contributed by atoms with E-state index in [1.54, 1.807) is 0 Å². The highest BCUT2D eigenvalue weighted by Gasteiger charge is 2.02. The summed E-state index contributed by atoms with van der Waals surface area (Å²) in [7, 11) is 0. The maximum absolute atomic E-state index is 5.74. The third kappa shape index (κ3) is 6.29. The van der Waals surface area contributed by atoms with Crippen LogP contribution in [0.5, 0.6) is 0 Å². The van der Waals surface area contributed by atoms with Gasteiger partial charge in [-0.05, 0) is 38.2 Å². The molecule has 0 fully saturated rings. The van der Waals surface area contributed by atoms with Crippen molar-refractivity contribution in [2.75, 3.05) is 11.9 Å². The summed E-state index contributed by atoms with van der Waals surface area (Å²) in [5.41, 5.74) is 1.40. The Hall–Kier alpha value is -0.340. The molecule has 0 aliphatic rings. The summed E-state index contributed by atoms with van der Waals surface area (Å²) in [6.07, 6.45) is 4.95. The van der Waals surface area contributed by atoms with E-state index in [0.29, 0.717) is 6.10 Å². The van der Waals surface area contributed by atoms with Crippen LogP contribution in [0.3, 0.4) is 0 Å². The van der Waals surface area contributed by atoms with Crippen molar-refractivity contribution in [2.24, 2.45) is 0 Å². The summed E-state index contributed by atoms with van der Waals surface area (Å²) in [6, 6.07) is 10.6. The first-order chi connectivity index (χ1) is 7.83. The topological polar surface area (TPSA) is 9.23 Å². The molecular weight excluding hydrogens is 264 g/mol. The minimum Gasteiger partial charge on any atom is -0.378 e. The van der Waals surface area contributed by atoms with E-state index in [1.807, 2.05) is 0 Å². The molecular formula is C14H21BrO. The summed E-state index contributed by atoms with van der Waals surface area (Å²) in [5, 5.41) is 1.08. The molecule has 0 saturated heterocycles.